The number of hydrogen-bond donors (Lipinski definition) is 2. The Morgan fingerprint density at radius 1 is 1.42 bits per heavy atom. The van der Waals surface area contributed by atoms with E-state index in [-0.39, 0.29) is 17.6 Å². The van der Waals surface area contributed by atoms with Crippen LogP contribution in [-0.4, -0.2) is 34.1 Å². The first kappa shape index (κ1) is 16.2. The van der Waals surface area contributed by atoms with Crippen LogP contribution < -0.4 is 10.6 Å². The molecule has 1 atom stereocenters. The van der Waals surface area contributed by atoms with Gasteiger partial charge in [0.2, 0.25) is 11.8 Å². The Kier molecular flexibility index (Phi) is 4.90. The van der Waals surface area contributed by atoms with E-state index in [4.69, 9.17) is 9.15 Å². The van der Waals surface area contributed by atoms with Crippen LogP contribution in [0.15, 0.2) is 22.8 Å². The Bertz CT molecular complexity index is 698. The lowest BCUT2D eigenvalue weighted by Gasteiger charge is -2.13. The Balaban J connectivity index is 1.76. The number of furan rings is 1. The third-order valence-corrected chi connectivity index (χ3v) is 3.76. The van der Waals surface area contributed by atoms with Gasteiger partial charge < -0.3 is 19.8 Å². The fourth-order valence-electron chi connectivity index (χ4n) is 2.58. The Morgan fingerprint density at radius 3 is 2.96 bits per heavy atom. The molecule has 0 saturated carbocycles. The zero-order valence-electron chi connectivity index (χ0n) is 13.3. The second-order valence-electron chi connectivity index (χ2n) is 5.54. The molecule has 2 aromatic rings. The summed E-state index contributed by atoms with van der Waals surface area (Å²) in [7, 11) is 0. The number of nitrogens with one attached hydrogen (secondary N) is 2. The summed E-state index contributed by atoms with van der Waals surface area (Å²) in [6.07, 6.45) is 3.71. The van der Waals surface area contributed by atoms with Crippen molar-refractivity contribution in [2.75, 3.05) is 23.8 Å². The lowest BCUT2D eigenvalue weighted by atomic mass is 10.2. The molecule has 3 heterocycles. The van der Waals surface area contributed by atoms with E-state index in [1.165, 1.54) is 0 Å². The van der Waals surface area contributed by atoms with Crippen LogP contribution in [0.1, 0.15) is 24.3 Å². The number of aryl methyl sites for hydroxylation is 1. The molecule has 2 aromatic heterocycles. The normalized spacial score (nSPS) is 17.0. The highest BCUT2D eigenvalue weighted by Gasteiger charge is 2.23. The van der Waals surface area contributed by atoms with Crippen molar-refractivity contribution in [3.63, 3.8) is 0 Å². The van der Waals surface area contributed by atoms with Crippen LogP contribution in [0.3, 0.4) is 0 Å². The monoisotopic (exact) mass is 333 g/mol. The van der Waals surface area contributed by atoms with E-state index in [0.717, 1.165) is 19.4 Å². The van der Waals surface area contributed by atoms with E-state index in [1.807, 2.05) is 0 Å². The zero-order valence-corrected chi connectivity index (χ0v) is 13.3. The first-order valence-corrected chi connectivity index (χ1v) is 7.78. The summed E-state index contributed by atoms with van der Waals surface area (Å²) in [4.78, 5) is 19.2. The molecular formula is C15H19N5O4. The predicted octanol–water partition coefficient (Wildman–Crippen LogP) is 2.49. The predicted molar refractivity (Wildman–Crippen MR) is 86.9 cm³/mol. The van der Waals surface area contributed by atoms with E-state index in [9.17, 15) is 10.1 Å². The van der Waals surface area contributed by atoms with E-state index in [0.29, 0.717) is 30.5 Å². The first-order chi connectivity index (χ1) is 11.6. The number of hydrogen-bond acceptors (Lipinski definition) is 8. The smallest absolute Gasteiger partial charge is 0.332 e. The summed E-state index contributed by atoms with van der Waals surface area (Å²) in [5.41, 5.74) is 0.163. The van der Waals surface area contributed by atoms with E-state index in [2.05, 4.69) is 20.6 Å². The topological polar surface area (TPSA) is 115 Å². The molecule has 2 N–H and O–H groups in total. The van der Waals surface area contributed by atoms with Gasteiger partial charge in [-0.05, 0) is 31.9 Å². The van der Waals surface area contributed by atoms with Gasteiger partial charge in [-0.15, -0.1) is 0 Å². The summed E-state index contributed by atoms with van der Waals surface area (Å²) in [6, 6.07) is 3.54. The lowest BCUT2D eigenvalue weighted by molar-refractivity contribution is -0.385. The van der Waals surface area contributed by atoms with E-state index in [1.54, 1.807) is 25.3 Å². The third kappa shape index (κ3) is 3.80. The van der Waals surface area contributed by atoms with Crippen molar-refractivity contribution >= 4 is 17.5 Å². The van der Waals surface area contributed by atoms with Crippen molar-refractivity contribution in [3.05, 3.63) is 40.0 Å². The zero-order chi connectivity index (χ0) is 16.9. The Labute approximate surface area is 138 Å². The van der Waals surface area contributed by atoms with Gasteiger partial charge in [-0.1, -0.05) is 0 Å². The SMILES string of the molecule is Cc1nc(NC[C@H]2CCCO2)nc(NCc2ccco2)c1[N+](=O)[O-]. The minimum absolute atomic E-state index is 0.128. The maximum absolute atomic E-state index is 11.3. The number of nitrogens with zero attached hydrogens (tertiary/aromatic N) is 3. The van der Waals surface area contributed by atoms with Crippen LogP contribution in [0.4, 0.5) is 17.5 Å². The van der Waals surface area contributed by atoms with Crippen LogP contribution in [0.2, 0.25) is 0 Å². The highest BCUT2D eigenvalue weighted by molar-refractivity contribution is 5.60. The summed E-state index contributed by atoms with van der Waals surface area (Å²) in [5.74, 6) is 1.17. The summed E-state index contributed by atoms with van der Waals surface area (Å²) < 4.78 is 10.8. The molecule has 9 nitrogen and oxygen atoms in total. The highest BCUT2D eigenvalue weighted by atomic mass is 16.6. The van der Waals surface area contributed by atoms with Gasteiger partial charge in [0.1, 0.15) is 11.5 Å². The molecule has 0 aromatic carbocycles. The van der Waals surface area contributed by atoms with Gasteiger partial charge in [-0.2, -0.15) is 4.98 Å². The molecule has 9 heteroatoms. The Morgan fingerprint density at radius 2 is 2.29 bits per heavy atom. The van der Waals surface area contributed by atoms with Crippen molar-refractivity contribution in [3.8, 4) is 0 Å². The molecule has 1 aliphatic rings. The number of aromatic nitrogens is 2. The second-order valence-corrected chi connectivity index (χ2v) is 5.54. The molecule has 128 valence electrons. The second kappa shape index (κ2) is 7.26. The Hall–Kier alpha value is -2.68. The summed E-state index contributed by atoms with van der Waals surface area (Å²) in [6.45, 7) is 3.24. The largest absolute Gasteiger partial charge is 0.467 e. The van der Waals surface area contributed by atoms with Crippen molar-refractivity contribution in [1.82, 2.24) is 9.97 Å². The molecule has 0 radical (unpaired) electrons. The quantitative estimate of drug-likeness (QED) is 0.586. The minimum Gasteiger partial charge on any atom is -0.467 e. The van der Waals surface area contributed by atoms with Gasteiger partial charge in [0, 0.05) is 13.2 Å². The van der Waals surface area contributed by atoms with Crippen molar-refractivity contribution < 1.29 is 14.1 Å². The standard InChI is InChI=1S/C15H19N5O4/c1-10-13(20(21)22)14(16-8-11-4-2-6-23-11)19-15(18-10)17-9-12-5-3-7-24-12/h2,4,6,12H,3,5,7-9H2,1H3,(H2,16,17,18,19)/t12-/m1/s1. The van der Waals surface area contributed by atoms with Crippen LogP contribution >= 0.6 is 0 Å². The third-order valence-electron chi connectivity index (χ3n) is 3.76. The van der Waals surface area contributed by atoms with Crippen LogP contribution in [-0.2, 0) is 11.3 Å². The van der Waals surface area contributed by atoms with Crippen molar-refractivity contribution in [2.45, 2.75) is 32.4 Å². The molecule has 0 unspecified atom stereocenters. The van der Waals surface area contributed by atoms with Crippen LogP contribution in [0.25, 0.3) is 0 Å². The van der Waals surface area contributed by atoms with Gasteiger partial charge in [0.15, 0.2) is 0 Å². The first-order valence-electron chi connectivity index (χ1n) is 7.78. The number of nitro groups is 1. The van der Waals surface area contributed by atoms with Crippen molar-refractivity contribution in [2.24, 2.45) is 0 Å². The van der Waals surface area contributed by atoms with Gasteiger partial charge in [-0.25, -0.2) is 4.98 Å². The highest BCUT2D eigenvalue weighted by Crippen LogP contribution is 2.27. The summed E-state index contributed by atoms with van der Waals surface area (Å²) in [5, 5.41) is 17.3. The van der Waals surface area contributed by atoms with E-state index < -0.39 is 4.92 Å². The number of ether oxygens (including phenoxy) is 1. The molecule has 0 amide bonds. The average Bonchev–Trinajstić information content (AvgIpc) is 3.23. The van der Waals surface area contributed by atoms with Crippen molar-refractivity contribution in [1.29, 1.82) is 0 Å². The van der Waals surface area contributed by atoms with Crippen LogP contribution in [0.5, 0.6) is 0 Å². The lowest BCUT2D eigenvalue weighted by Crippen LogP contribution is -2.20. The van der Waals surface area contributed by atoms with Gasteiger partial charge in [-0.3, -0.25) is 10.1 Å². The number of rotatable bonds is 7. The molecule has 1 fully saturated rings. The molecule has 24 heavy (non-hydrogen) atoms. The number of anilines is 2. The molecule has 3 rings (SSSR count). The molecule has 1 saturated heterocycles. The fraction of sp³-hybridized carbons (Fsp3) is 0.467. The molecule has 1 aliphatic heterocycles. The molecule has 0 spiro atoms. The summed E-state index contributed by atoms with van der Waals surface area (Å²) >= 11 is 0. The fourth-order valence-corrected chi connectivity index (χ4v) is 2.58. The molecule has 0 bridgehead atoms. The van der Waals surface area contributed by atoms with E-state index >= 15 is 0 Å². The maximum Gasteiger partial charge on any atom is 0.332 e. The van der Waals surface area contributed by atoms with Gasteiger partial charge >= 0.3 is 5.69 Å². The molecule has 0 aliphatic carbocycles. The molecular weight excluding hydrogens is 314 g/mol. The average molecular weight is 333 g/mol. The minimum atomic E-state index is -0.482. The van der Waals surface area contributed by atoms with Gasteiger partial charge in [0.25, 0.3) is 0 Å². The van der Waals surface area contributed by atoms with Crippen LogP contribution in [0, 0.1) is 17.0 Å². The van der Waals surface area contributed by atoms with Gasteiger partial charge in [0.05, 0.1) is 23.8 Å². The maximum atomic E-state index is 11.3.